The van der Waals surface area contributed by atoms with E-state index in [4.69, 9.17) is 21.9 Å². The highest BCUT2D eigenvalue weighted by atomic mass is 35.5. The molecule has 10 nitrogen and oxygen atoms in total. The van der Waals surface area contributed by atoms with Crippen LogP contribution in [0.3, 0.4) is 0 Å². The summed E-state index contributed by atoms with van der Waals surface area (Å²) in [4.78, 5) is 15.3. The molecule has 1 fully saturated rings. The second-order valence-electron chi connectivity index (χ2n) is 4.74. The van der Waals surface area contributed by atoms with E-state index in [1.807, 2.05) is 0 Å². The Balaban J connectivity index is 2.01. The zero-order chi connectivity index (χ0) is 15.7. The fourth-order valence-corrected chi connectivity index (χ4v) is 2.68. The van der Waals surface area contributed by atoms with Gasteiger partial charge in [0.2, 0.25) is 5.28 Å². The molecule has 0 saturated carbocycles. The summed E-state index contributed by atoms with van der Waals surface area (Å²) in [6, 6.07) is -0.446. The fraction of sp³-hybridized carbons (Fsp3) is 0.545. The zero-order valence-electron chi connectivity index (χ0n) is 11.6. The third kappa shape index (κ3) is 2.42. The van der Waals surface area contributed by atoms with Gasteiger partial charge in [0.25, 0.3) is 0 Å². The Morgan fingerprint density at radius 2 is 2.45 bits per heavy atom. The number of ether oxygens (including phenoxy) is 1. The van der Waals surface area contributed by atoms with Gasteiger partial charge in [-0.25, -0.2) is 4.98 Å². The molecule has 0 amide bonds. The number of azide groups is 1. The summed E-state index contributed by atoms with van der Waals surface area (Å²) >= 11 is 5.92. The molecule has 2 aromatic rings. The molecule has 3 rings (SSSR count). The van der Waals surface area contributed by atoms with Crippen molar-refractivity contribution in [1.29, 1.82) is 0 Å². The second kappa shape index (κ2) is 5.93. The van der Waals surface area contributed by atoms with Crippen LogP contribution in [0.25, 0.3) is 21.6 Å². The smallest absolute Gasteiger partial charge is 0.226 e. The number of aliphatic hydroxyl groups is 1. The second-order valence-corrected chi connectivity index (χ2v) is 5.07. The van der Waals surface area contributed by atoms with Crippen molar-refractivity contribution in [3.8, 4) is 0 Å². The van der Waals surface area contributed by atoms with Gasteiger partial charge >= 0.3 is 0 Å². The highest BCUT2D eigenvalue weighted by Gasteiger charge is 2.36. The topological polar surface area (TPSA) is 134 Å². The first kappa shape index (κ1) is 14.8. The summed E-state index contributed by atoms with van der Waals surface area (Å²) in [5, 5.41) is 16.0. The Morgan fingerprint density at radius 3 is 3.14 bits per heavy atom. The first-order valence-corrected chi connectivity index (χ1v) is 6.94. The Kier molecular flexibility index (Phi) is 3.99. The van der Waals surface area contributed by atoms with Crippen LogP contribution in [0.15, 0.2) is 11.4 Å². The molecule has 0 aromatic carbocycles. The highest BCUT2D eigenvalue weighted by molar-refractivity contribution is 6.28. The number of aromatic nitrogens is 4. The first-order chi connectivity index (χ1) is 10.7. The van der Waals surface area contributed by atoms with Crippen molar-refractivity contribution in [3.63, 3.8) is 0 Å². The van der Waals surface area contributed by atoms with Crippen LogP contribution in [0.2, 0.25) is 5.28 Å². The van der Waals surface area contributed by atoms with E-state index in [2.05, 4.69) is 30.3 Å². The third-order valence-corrected chi connectivity index (χ3v) is 3.69. The van der Waals surface area contributed by atoms with Crippen LogP contribution < -0.4 is 5.32 Å². The molecule has 116 valence electrons. The zero-order valence-corrected chi connectivity index (χ0v) is 12.3. The van der Waals surface area contributed by atoms with Crippen molar-refractivity contribution in [2.45, 2.75) is 24.8 Å². The minimum atomic E-state index is -0.556. The Bertz CT molecular complexity index is 743. The molecule has 3 atom stereocenters. The lowest BCUT2D eigenvalue weighted by molar-refractivity contribution is -0.0232. The average molecular weight is 325 g/mol. The van der Waals surface area contributed by atoms with Gasteiger partial charge in [-0.3, -0.25) is 4.57 Å². The molecule has 0 aliphatic carbocycles. The van der Waals surface area contributed by atoms with Crippen LogP contribution in [0.1, 0.15) is 12.6 Å². The maximum atomic E-state index is 9.33. The lowest BCUT2D eigenvalue weighted by atomic mass is 10.1. The van der Waals surface area contributed by atoms with Gasteiger partial charge in [0, 0.05) is 18.4 Å². The molecule has 0 bridgehead atoms. The molecule has 22 heavy (non-hydrogen) atoms. The van der Waals surface area contributed by atoms with Gasteiger partial charge in [-0.15, -0.1) is 0 Å². The standard InChI is InChI=1S/C11H13ClN8O2/c1-14-9-8-10(17-11(12)16-9)20(4-15-8)7-2-5(18-19-13)6(3-21)22-7/h4-7,21H,2-3H2,1H3,(H,14,16,17)/t5?,6-,7-/m1/s1. The number of aliphatic hydroxyl groups excluding tert-OH is 1. The number of rotatable bonds is 4. The molecular weight excluding hydrogens is 312 g/mol. The number of nitrogens with zero attached hydrogens (tertiary/aromatic N) is 7. The van der Waals surface area contributed by atoms with E-state index in [1.165, 1.54) is 0 Å². The Labute approximate surface area is 129 Å². The number of imidazole rings is 1. The van der Waals surface area contributed by atoms with Crippen molar-refractivity contribution in [1.82, 2.24) is 19.5 Å². The molecule has 1 aliphatic heterocycles. The van der Waals surface area contributed by atoms with Crippen LogP contribution in [-0.4, -0.2) is 50.4 Å². The monoisotopic (exact) mass is 324 g/mol. The lowest BCUT2D eigenvalue weighted by Gasteiger charge is -2.14. The Hall–Kier alpha value is -2.13. The summed E-state index contributed by atoms with van der Waals surface area (Å²) in [6.07, 6.45) is 0.971. The van der Waals surface area contributed by atoms with Gasteiger partial charge in [0.05, 0.1) is 25.1 Å². The Morgan fingerprint density at radius 1 is 1.64 bits per heavy atom. The minimum Gasteiger partial charge on any atom is -0.394 e. The number of fused-ring (bicyclic) bond motifs is 1. The lowest BCUT2D eigenvalue weighted by Crippen LogP contribution is -2.22. The first-order valence-electron chi connectivity index (χ1n) is 6.56. The third-order valence-electron chi connectivity index (χ3n) is 3.53. The van der Waals surface area contributed by atoms with E-state index >= 15 is 0 Å². The molecular formula is C11H13ClN8O2. The van der Waals surface area contributed by atoms with Crippen LogP contribution in [0.5, 0.6) is 0 Å². The predicted octanol–water partition coefficient (Wildman–Crippen LogP) is 1.48. The average Bonchev–Trinajstić information content (AvgIpc) is 3.10. The van der Waals surface area contributed by atoms with E-state index in [0.717, 1.165) is 0 Å². The van der Waals surface area contributed by atoms with E-state index in [0.29, 0.717) is 23.4 Å². The number of hydrogen-bond donors (Lipinski definition) is 2. The van der Waals surface area contributed by atoms with Gasteiger partial charge in [-0.05, 0) is 17.1 Å². The number of nitrogens with one attached hydrogen (secondary N) is 1. The molecule has 1 saturated heterocycles. The fourth-order valence-electron chi connectivity index (χ4n) is 2.51. The van der Waals surface area contributed by atoms with E-state index in [1.54, 1.807) is 17.9 Å². The SMILES string of the molecule is CNc1nc(Cl)nc2c1ncn2[C@H]1CC(N=[N+]=[N-])[C@@H](CO)O1. The number of hydrogen-bond acceptors (Lipinski definition) is 7. The van der Waals surface area contributed by atoms with Crippen molar-refractivity contribution in [3.05, 3.63) is 22.1 Å². The van der Waals surface area contributed by atoms with Crippen LogP contribution in [0.4, 0.5) is 5.82 Å². The minimum absolute atomic E-state index is 0.0851. The van der Waals surface area contributed by atoms with Gasteiger partial charge in [0.15, 0.2) is 17.0 Å². The predicted molar refractivity (Wildman–Crippen MR) is 78.4 cm³/mol. The molecule has 0 radical (unpaired) electrons. The maximum absolute atomic E-state index is 9.33. The van der Waals surface area contributed by atoms with Crippen molar-refractivity contribution < 1.29 is 9.84 Å². The van der Waals surface area contributed by atoms with Crippen molar-refractivity contribution >= 4 is 28.6 Å². The molecule has 1 unspecified atom stereocenters. The summed E-state index contributed by atoms with van der Waals surface area (Å²) in [5.41, 5.74) is 9.65. The molecule has 2 N–H and O–H groups in total. The molecule has 3 heterocycles. The van der Waals surface area contributed by atoms with E-state index in [9.17, 15) is 5.11 Å². The molecule has 1 aliphatic rings. The number of anilines is 1. The largest absolute Gasteiger partial charge is 0.394 e. The van der Waals surface area contributed by atoms with E-state index in [-0.39, 0.29) is 11.9 Å². The van der Waals surface area contributed by atoms with Gasteiger partial charge in [-0.2, -0.15) is 9.97 Å². The van der Waals surface area contributed by atoms with Gasteiger partial charge in [-0.1, -0.05) is 5.11 Å². The van der Waals surface area contributed by atoms with E-state index < -0.39 is 18.4 Å². The number of halogens is 1. The van der Waals surface area contributed by atoms with Gasteiger partial charge < -0.3 is 15.2 Å². The summed E-state index contributed by atoms with van der Waals surface area (Å²) in [7, 11) is 1.71. The van der Waals surface area contributed by atoms with Gasteiger partial charge in [0.1, 0.15) is 6.23 Å². The van der Waals surface area contributed by atoms with Crippen molar-refractivity contribution in [2.75, 3.05) is 19.0 Å². The molecule has 2 aromatic heterocycles. The van der Waals surface area contributed by atoms with Crippen LogP contribution in [-0.2, 0) is 4.74 Å². The van der Waals surface area contributed by atoms with Crippen LogP contribution in [0, 0.1) is 0 Å². The summed E-state index contributed by atoms with van der Waals surface area (Å²) in [5.74, 6) is 0.511. The van der Waals surface area contributed by atoms with Crippen molar-refractivity contribution in [2.24, 2.45) is 5.11 Å². The normalized spacial score (nSPS) is 24.4. The van der Waals surface area contributed by atoms with Crippen LogP contribution >= 0.6 is 11.6 Å². The molecule has 0 spiro atoms. The maximum Gasteiger partial charge on any atom is 0.226 e. The molecule has 11 heteroatoms. The quantitative estimate of drug-likeness (QED) is 0.378. The highest BCUT2D eigenvalue weighted by Crippen LogP contribution is 2.33. The summed E-state index contributed by atoms with van der Waals surface area (Å²) < 4.78 is 7.42. The summed E-state index contributed by atoms with van der Waals surface area (Å²) in [6.45, 7) is -0.232.